The number of benzene rings is 1. The van der Waals surface area contributed by atoms with Crippen molar-refractivity contribution >= 4 is 28.9 Å². The van der Waals surface area contributed by atoms with Crippen LogP contribution in [0.5, 0.6) is 0 Å². The van der Waals surface area contributed by atoms with Crippen LogP contribution in [0.15, 0.2) is 18.2 Å². The summed E-state index contributed by atoms with van der Waals surface area (Å²) < 4.78 is 1.84. The molecule has 17 heavy (non-hydrogen) atoms. The van der Waals surface area contributed by atoms with Gasteiger partial charge in [-0.3, -0.25) is 4.68 Å². The standard InChI is InChI=1S/C12H13Cl2N3/c1-7-12(14)8(2)17(16-7)6-9-3-4-10(15)5-11(9)13/h3-5H,6,15H2,1-2H3. The summed E-state index contributed by atoms with van der Waals surface area (Å²) in [6.07, 6.45) is 0. The Morgan fingerprint density at radius 3 is 2.53 bits per heavy atom. The molecule has 0 aliphatic rings. The lowest BCUT2D eigenvalue weighted by atomic mass is 10.2. The van der Waals surface area contributed by atoms with Crippen molar-refractivity contribution in [2.45, 2.75) is 20.4 Å². The lowest BCUT2D eigenvalue weighted by Crippen LogP contribution is -2.04. The number of hydrogen-bond acceptors (Lipinski definition) is 2. The lowest BCUT2D eigenvalue weighted by Gasteiger charge is -2.07. The monoisotopic (exact) mass is 269 g/mol. The Balaban J connectivity index is 2.34. The Hall–Kier alpha value is -1.19. The zero-order valence-electron chi connectivity index (χ0n) is 9.67. The van der Waals surface area contributed by atoms with Gasteiger partial charge in [0, 0.05) is 10.7 Å². The number of rotatable bonds is 2. The summed E-state index contributed by atoms with van der Waals surface area (Å²) in [4.78, 5) is 0. The highest BCUT2D eigenvalue weighted by Crippen LogP contribution is 2.23. The molecule has 2 aromatic rings. The number of aryl methyl sites for hydroxylation is 1. The fourth-order valence-corrected chi connectivity index (χ4v) is 2.07. The molecule has 0 aliphatic heterocycles. The molecule has 1 aromatic heterocycles. The van der Waals surface area contributed by atoms with Gasteiger partial charge in [-0.15, -0.1) is 0 Å². The third-order valence-electron chi connectivity index (χ3n) is 2.69. The molecule has 1 aromatic carbocycles. The van der Waals surface area contributed by atoms with E-state index in [1.165, 1.54) is 0 Å². The Labute approximate surface area is 110 Å². The molecule has 0 atom stereocenters. The Morgan fingerprint density at radius 1 is 1.29 bits per heavy atom. The van der Waals surface area contributed by atoms with Gasteiger partial charge in [0.1, 0.15) is 0 Å². The van der Waals surface area contributed by atoms with Crippen molar-refractivity contribution < 1.29 is 0 Å². The minimum Gasteiger partial charge on any atom is -0.399 e. The van der Waals surface area contributed by atoms with Crippen LogP contribution in [0.2, 0.25) is 10.0 Å². The molecule has 0 unspecified atom stereocenters. The van der Waals surface area contributed by atoms with Crippen molar-refractivity contribution in [2.24, 2.45) is 0 Å². The fourth-order valence-electron chi connectivity index (χ4n) is 1.68. The molecule has 2 rings (SSSR count). The SMILES string of the molecule is Cc1nn(Cc2ccc(N)cc2Cl)c(C)c1Cl. The molecule has 0 saturated carbocycles. The molecule has 1 heterocycles. The van der Waals surface area contributed by atoms with Gasteiger partial charge in [-0.05, 0) is 31.5 Å². The first-order chi connectivity index (χ1) is 7.99. The molecule has 0 aliphatic carbocycles. The number of halogens is 2. The van der Waals surface area contributed by atoms with Crippen molar-refractivity contribution in [3.63, 3.8) is 0 Å². The van der Waals surface area contributed by atoms with Crippen molar-refractivity contribution in [1.82, 2.24) is 9.78 Å². The van der Waals surface area contributed by atoms with Crippen molar-refractivity contribution in [1.29, 1.82) is 0 Å². The van der Waals surface area contributed by atoms with E-state index in [4.69, 9.17) is 28.9 Å². The smallest absolute Gasteiger partial charge is 0.0844 e. The number of nitrogen functional groups attached to an aromatic ring is 1. The average molecular weight is 270 g/mol. The summed E-state index contributed by atoms with van der Waals surface area (Å²) in [6.45, 7) is 4.42. The van der Waals surface area contributed by atoms with E-state index in [0.717, 1.165) is 17.0 Å². The zero-order valence-corrected chi connectivity index (χ0v) is 11.2. The number of hydrogen-bond donors (Lipinski definition) is 1. The average Bonchev–Trinajstić information content (AvgIpc) is 2.50. The molecule has 0 fully saturated rings. The molecule has 0 saturated heterocycles. The van der Waals surface area contributed by atoms with Gasteiger partial charge >= 0.3 is 0 Å². The highest BCUT2D eigenvalue weighted by atomic mass is 35.5. The highest BCUT2D eigenvalue weighted by molar-refractivity contribution is 6.32. The van der Waals surface area contributed by atoms with E-state index < -0.39 is 0 Å². The molecule has 90 valence electrons. The van der Waals surface area contributed by atoms with Crippen molar-refractivity contribution in [3.8, 4) is 0 Å². The Kier molecular flexibility index (Phi) is 3.31. The second kappa shape index (κ2) is 4.59. The van der Waals surface area contributed by atoms with Gasteiger partial charge in [0.2, 0.25) is 0 Å². The van der Waals surface area contributed by atoms with Crippen LogP contribution in [0.1, 0.15) is 17.0 Å². The first-order valence-electron chi connectivity index (χ1n) is 5.22. The van der Waals surface area contributed by atoms with E-state index in [9.17, 15) is 0 Å². The van der Waals surface area contributed by atoms with Crippen LogP contribution in [0.4, 0.5) is 5.69 Å². The minimum atomic E-state index is 0.596. The van der Waals surface area contributed by atoms with Crippen LogP contribution in [0, 0.1) is 13.8 Å². The molecule has 2 N–H and O–H groups in total. The number of nitrogens with zero attached hydrogens (tertiary/aromatic N) is 2. The third-order valence-corrected chi connectivity index (χ3v) is 3.59. The maximum absolute atomic E-state index is 6.12. The number of aromatic nitrogens is 2. The van der Waals surface area contributed by atoms with E-state index in [1.54, 1.807) is 6.07 Å². The normalized spacial score (nSPS) is 10.8. The van der Waals surface area contributed by atoms with Gasteiger partial charge in [-0.1, -0.05) is 29.3 Å². The van der Waals surface area contributed by atoms with Crippen LogP contribution in [0.25, 0.3) is 0 Å². The van der Waals surface area contributed by atoms with Gasteiger partial charge in [-0.2, -0.15) is 5.10 Å². The van der Waals surface area contributed by atoms with Crippen LogP contribution < -0.4 is 5.73 Å². The lowest BCUT2D eigenvalue weighted by molar-refractivity contribution is 0.659. The Bertz CT molecular complexity index is 561. The largest absolute Gasteiger partial charge is 0.399 e. The second-order valence-electron chi connectivity index (χ2n) is 3.99. The molecule has 0 amide bonds. The zero-order chi connectivity index (χ0) is 12.6. The minimum absolute atomic E-state index is 0.596. The first kappa shape index (κ1) is 12.3. The summed E-state index contributed by atoms with van der Waals surface area (Å²) in [7, 11) is 0. The number of nitrogens with two attached hydrogens (primary N) is 1. The molecular weight excluding hydrogens is 257 g/mol. The summed E-state index contributed by atoms with van der Waals surface area (Å²) >= 11 is 12.2. The van der Waals surface area contributed by atoms with Gasteiger partial charge in [0.15, 0.2) is 0 Å². The molecule has 0 bridgehead atoms. The van der Waals surface area contributed by atoms with Gasteiger partial charge in [0.25, 0.3) is 0 Å². The predicted octanol–water partition coefficient (Wildman–Crippen LogP) is 3.44. The first-order valence-corrected chi connectivity index (χ1v) is 5.98. The van der Waals surface area contributed by atoms with E-state index >= 15 is 0 Å². The quantitative estimate of drug-likeness (QED) is 0.849. The Morgan fingerprint density at radius 2 is 2.00 bits per heavy atom. The molecule has 0 radical (unpaired) electrons. The summed E-state index contributed by atoms with van der Waals surface area (Å²) in [5.74, 6) is 0. The van der Waals surface area contributed by atoms with E-state index in [-0.39, 0.29) is 0 Å². The van der Waals surface area contributed by atoms with Gasteiger partial charge in [-0.25, -0.2) is 0 Å². The fraction of sp³-hybridized carbons (Fsp3) is 0.250. The highest BCUT2D eigenvalue weighted by Gasteiger charge is 2.10. The maximum Gasteiger partial charge on any atom is 0.0844 e. The second-order valence-corrected chi connectivity index (χ2v) is 4.78. The molecule has 3 nitrogen and oxygen atoms in total. The van der Waals surface area contributed by atoms with E-state index in [1.807, 2.05) is 30.7 Å². The molecular formula is C12H13Cl2N3. The maximum atomic E-state index is 6.12. The van der Waals surface area contributed by atoms with Crippen molar-refractivity contribution in [2.75, 3.05) is 5.73 Å². The van der Waals surface area contributed by atoms with Gasteiger partial charge < -0.3 is 5.73 Å². The molecule has 0 spiro atoms. The third kappa shape index (κ3) is 2.40. The van der Waals surface area contributed by atoms with E-state index in [0.29, 0.717) is 22.3 Å². The summed E-state index contributed by atoms with van der Waals surface area (Å²) in [5, 5.41) is 5.72. The predicted molar refractivity (Wildman–Crippen MR) is 71.7 cm³/mol. The van der Waals surface area contributed by atoms with E-state index in [2.05, 4.69) is 5.10 Å². The molecule has 5 heteroatoms. The van der Waals surface area contributed by atoms with Crippen LogP contribution in [-0.2, 0) is 6.54 Å². The van der Waals surface area contributed by atoms with Crippen LogP contribution in [0.3, 0.4) is 0 Å². The topological polar surface area (TPSA) is 43.8 Å². The summed E-state index contributed by atoms with van der Waals surface area (Å²) in [5.41, 5.74) is 9.05. The van der Waals surface area contributed by atoms with Crippen molar-refractivity contribution in [3.05, 3.63) is 45.2 Å². The summed E-state index contributed by atoms with van der Waals surface area (Å²) in [6, 6.07) is 5.47. The van der Waals surface area contributed by atoms with Gasteiger partial charge in [0.05, 0.1) is 23.0 Å². The van der Waals surface area contributed by atoms with Crippen LogP contribution in [-0.4, -0.2) is 9.78 Å². The number of anilines is 1. The van der Waals surface area contributed by atoms with Crippen LogP contribution >= 0.6 is 23.2 Å².